The quantitative estimate of drug-likeness (QED) is 0.537. The van der Waals surface area contributed by atoms with Gasteiger partial charge < -0.3 is 9.84 Å². The fraction of sp³-hybridized carbons (Fsp3) is 0.818. The maximum Gasteiger partial charge on any atom is 0.177 e. The first-order valence-electron chi connectivity index (χ1n) is 5.11. The van der Waals surface area contributed by atoms with Gasteiger partial charge in [0.15, 0.2) is 6.29 Å². The topological polar surface area (TPSA) is 29.5 Å². The molecule has 1 aliphatic carbocycles. The van der Waals surface area contributed by atoms with Gasteiger partial charge in [0.05, 0.1) is 5.60 Å². The Balaban J connectivity index is 2.52. The summed E-state index contributed by atoms with van der Waals surface area (Å²) in [4.78, 5) is 0. The molecule has 1 atom stereocenters. The summed E-state index contributed by atoms with van der Waals surface area (Å²) >= 11 is 0. The molecule has 0 saturated heterocycles. The van der Waals surface area contributed by atoms with E-state index in [4.69, 9.17) is 4.74 Å². The fourth-order valence-corrected chi connectivity index (χ4v) is 1.91. The largest absolute Gasteiger partial charge is 0.364 e. The maximum atomic E-state index is 9.56. The SMILES string of the molecule is C=C(C)C(O)OC1(CC)CCCC1. The predicted molar refractivity (Wildman–Crippen MR) is 53.4 cm³/mol. The van der Waals surface area contributed by atoms with E-state index >= 15 is 0 Å². The van der Waals surface area contributed by atoms with Crippen LogP contribution >= 0.6 is 0 Å². The van der Waals surface area contributed by atoms with Gasteiger partial charge in [-0.2, -0.15) is 0 Å². The standard InChI is InChI=1S/C11H20O2/c1-4-11(7-5-6-8-11)13-10(12)9(2)3/h10,12H,2,4-8H2,1,3H3. The highest BCUT2D eigenvalue weighted by atomic mass is 16.6. The van der Waals surface area contributed by atoms with Gasteiger partial charge in [-0.3, -0.25) is 0 Å². The van der Waals surface area contributed by atoms with Crippen molar-refractivity contribution in [3.63, 3.8) is 0 Å². The minimum atomic E-state index is -0.780. The van der Waals surface area contributed by atoms with Crippen LogP contribution in [0.4, 0.5) is 0 Å². The lowest BCUT2D eigenvalue weighted by molar-refractivity contribution is -0.165. The van der Waals surface area contributed by atoms with Crippen LogP contribution in [0.5, 0.6) is 0 Å². The second kappa shape index (κ2) is 4.25. The molecule has 1 fully saturated rings. The first-order valence-corrected chi connectivity index (χ1v) is 5.11. The molecular weight excluding hydrogens is 164 g/mol. The van der Waals surface area contributed by atoms with Crippen molar-refractivity contribution >= 4 is 0 Å². The first-order chi connectivity index (χ1) is 6.09. The minimum absolute atomic E-state index is 0.0711. The summed E-state index contributed by atoms with van der Waals surface area (Å²) in [6.07, 6.45) is 4.80. The van der Waals surface area contributed by atoms with Crippen LogP contribution < -0.4 is 0 Å². The Morgan fingerprint density at radius 2 is 2.08 bits per heavy atom. The van der Waals surface area contributed by atoms with Crippen LogP contribution in [0.3, 0.4) is 0 Å². The van der Waals surface area contributed by atoms with Gasteiger partial charge in [0.1, 0.15) is 0 Å². The molecule has 0 aliphatic heterocycles. The first kappa shape index (κ1) is 10.7. The molecule has 2 nitrogen and oxygen atoms in total. The Kier molecular flexibility index (Phi) is 3.51. The van der Waals surface area contributed by atoms with Gasteiger partial charge in [-0.05, 0) is 31.8 Å². The average Bonchev–Trinajstić information content (AvgIpc) is 2.54. The van der Waals surface area contributed by atoms with Crippen LogP contribution in [-0.2, 0) is 4.74 Å². The van der Waals surface area contributed by atoms with E-state index in [0.717, 1.165) is 19.3 Å². The van der Waals surface area contributed by atoms with Gasteiger partial charge >= 0.3 is 0 Å². The Morgan fingerprint density at radius 1 is 1.54 bits per heavy atom. The van der Waals surface area contributed by atoms with Gasteiger partial charge in [-0.15, -0.1) is 0 Å². The van der Waals surface area contributed by atoms with Gasteiger partial charge in [0.25, 0.3) is 0 Å². The normalized spacial score (nSPS) is 23.0. The van der Waals surface area contributed by atoms with E-state index in [1.54, 1.807) is 6.92 Å². The Hall–Kier alpha value is -0.340. The van der Waals surface area contributed by atoms with Crippen LogP contribution in [0.1, 0.15) is 46.0 Å². The van der Waals surface area contributed by atoms with Crippen LogP contribution in [-0.4, -0.2) is 17.0 Å². The highest BCUT2D eigenvalue weighted by Crippen LogP contribution is 2.37. The summed E-state index contributed by atoms with van der Waals surface area (Å²) in [5, 5.41) is 9.56. The van der Waals surface area contributed by atoms with Crippen LogP contribution in [0.15, 0.2) is 12.2 Å². The summed E-state index contributed by atoms with van der Waals surface area (Å²) in [5.74, 6) is 0. The molecule has 0 radical (unpaired) electrons. The molecule has 2 heteroatoms. The van der Waals surface area contributed by atoms with Crippen molar-refractivity contribution in [3.05, 3.63) is 12.2 Å². The third-order valence-corrected chi connectivity index (χ3v) is 2.94. The van der Waals surface area contributed by atoms with Crippen molar-refractivity contribution in [1.29, 1.82) is 0 Å². The molecule has 1 unspecified atom stereocenters. The van der Waals surface area contributed by atoms with Crippen molar-refractivity contribution < 1.29 is 9.84 Å². The second-order valence-electron chi connectivity index (χ2n) is 4.06. The van der Waals surface area contributed by atoms with E-state index in [-0.39, 0.29) is 5.60 Å². The highest BCUT2D eigenvalue weighted by molar-refractivity contribution is 4.95. The van der Waals surface area contributed by atoms with Crippen molar-refractivity contribution in [3.8, 4) is 0 Å². The molecule has 0 aromatic carbocycles. The lowest BCUT2D eigenvalue weighted by Crippen LogP contribution is -2.33. The van der Waals surface area contributed by atoms with Gasteiger partial charge in [-0.25, -0.2) is 0 Å². The van der Waals surface area contributed by atoms with Crippen molar-refractivity contribution in [2.75, 3.05) is 0 Å². The number of hydrogen-bond acceptors (Lipinski definition) is 2. The van der Waals surface area contributed by atoms with Crippen molar-refractivity contribution in [2.45, 2.75) is 57.8 Å². The van der Waals surface area contributed by atoms with Crippen molar-refractivity contribution in [1.82, 2.24) is 0 Å². The zero-order chi connectivity index (χ0) is 9.90. The molecule has 1 saturated carbocycles. The Labute approximate surface area is 80.6 Å². The lowest BCUT2D eigenvalue weighted by Gasteiger charge is -2.30. The zero-order valence-corrected chi connectivity index (χ0v) is 8.68. The molecule has 13 heavy (non-hydrogen) atoms. The summed E-state index contributed by atoms with van der Waals surface area (Å²) in [5.41, 5.74) is 0.623. The molecule has 0 spiro atoms. The Morgan fingerprint density at radius 3 is 2.46 bits per heavy atom. The molecule has 0 aromatic rings. The third kappa shape index (κ3) is 2.55. The van der Waals surface area contributed by atoms with Crippen molar-refractivity contribution in [2.24, 2.45) is 0 Å². The van der Waals surface area contributed by atoms with E-state index in [1.807, 2.05) is 0 Å². The van der Waals surface area contributed by atoms with E-state index in [2.05, 4.69) is 13.5 Å². The van der Waals surface area contributed by atoms with E-state index in [0.29, 0.717) is 5.57 Å². The maximum absolute atomic E-state index is 9.56. The van der Waals surface area contributed by atoms with Gasteiger partial charge in [0, 0.05) is 0 Å². The van der Waals surface area contributed by atoms with E-state index in [9.17, 15) is 5.11 Å². The second-order valence-corrected chi connectivity index (χ2v) is 4.06. The molecule has 1 rings (SSSR count). The molecular formula is C11H20O2. The number of ether oxygens (including phenoxy) is 1. The predicted octanol–water partition coefficient (Wildman–Crippen LogP) is 2.62. The number of aliphatic hydroxyl groups is 1. The zero-order valence-electron chi connectivity index (χ0n) is 8.68. The summed E-state index contributed by atoms with van der Waals surface area (Å²) in [7, 11) is 0. The fourth-order valence-electron chi connectivity index (χ4n) is 1.91. The molecule has 0 bridgehead atoms. The molecule has 1 aliphatic rings. The molecule has 0 amide bonds. The number of aliphatic hydroxyl groups excluding tert-OH is 1. The number of hydrogen-bond donors (Lipinski definition) is 1. The third-order valence-electron chi connectivity index (χ3n) is 2.94. The summed E-state index contributed by atoms with van der Waals surface area (Å²) in [6.45, 7) is 7.60. The monoisotopic (exact) mass is 184 g/mol. The highest BCUT2D eigenvalue weighted by Gasteiger charge is 2.35. The Bertz CT molecular complexity index is 181. The van der Waals surface area contributed by atoms with E-state index < -0.39 is 6.29 Å². The van der Waals surface area contributed by atoms with Crippen LogP contribution in [0, 0.1) is 0 Å². The molecule has 0 heterocycles. The molecule has 76 valence electrons. The smallest absolute Gasteiger partial charge is 0.177 e. The molecule has 1 N–H and O–H groups in total. The van der Waals surface area contributed by atoms with Gasteiger partial charge in [0.2, 0.25) is 0 Å². The van der Waals surface area contributed by atoms with Crippen LogP contribution in [0.2, 0.25) is 0 Å². The van der Waals surface area contributed by atoms with E-state index in [1.165, 1.54) is 12.8 Å². The summed E-state index contributed by atoms with van der Waals surface area (Å²) < 4.78 is 5.67. The number of rotatable bonds is 4. The minimum Gasteiger partial charge on any atom is -0.364 e. The lowest BCUT2D eigenvalue weighted by atomic mass is 9.99. The average molecular weight is 184 g/mol. The van der Waals surface area contributed by atoms with Crippen LogP contribution in [0.25, 0.3) is 0 Å². The summed E-state index contributed by atoms with van der Waals surface area (Å²) in [6, 6.07) is 0. The van der Waals surface area contributed by atoms with Gasteiger partial charge in [-0.1, -0.05) is 26.3 Å². The molecule has 0 aromatic heterocycles.